The second-order valence-electron chi connectivity index (χ2n) is 5.75. The molecule has 5 nitrogen and oxygen atoms in total. The van der Waals surface area contributed by atoms with E-state index in [2.05, 4.69) is 15.6 Å². The van der Waals surface area contributed by atoms with Gasteiger partial charge in [0.2, 0.25) is 0 Å². The molecule has 0 atom stereocenters. The normalized spacial score (nSPS) is 16.2. The topological polar surface area (TPSA) is 54.9 Å². The highest BCUT2D eigenvalue weighted by Gasteiger charge is 2.13. The fourth-order valence-electron chi connectivity index (χ4n) is 2.50. The van der Waals surface area contributed by atoms with Gasteiger partial charge in [-0.15, -0.1) is 0 Å². The fourth-order valence-corrected chi connectivity index (χ4v) is 2.50. The van der Waals surface area contributed by atoms with E-state index < -0.39 is 0 Å². The number of benzene rings is 1. The van der Waals surface area contributed by atoms with Crippen LogP contribution in [0.4, 0.5) is 4.39 Å². The Labute approximate surface area is 143 Å². The lowest BCUT2D eigenvalue weighted by molar-refractivity contribution is -0.0320. The summed E-state index contributed by atoms with van der Waals surface area (Å²) in [4.78, 5) is 4.43. The quantitative estimate of drug-likeness (QED) is 0.435. The van der Waals surface area contributed by atoms with E-state index in [1.165, 1.54) is 6.07 Å². The number of hydrogen-bond acceptors (Lipinski definition) is 3. The summed E-state index contributed by atoms with van der Waals surface area (Å²) in [6, 6.07) is 6.72. The summed E-state index contributed by atoms with van der Waals surface area (Å²) < 4.78 is 24.8. The first-order valence-electron chi connectivity index (χ1n) is 8.74. The third-order valence-corrected chi connectivity index (χ3v) is 3.85. The number of ether oxygens (including phenoxy) is 2. The Morgan fingerprint density at radius 1 is 1.29 bits per heavy atom. The second kappa shape index (κ2) is 11.0. The summed E-state index contributed by atoms with van der Waals surface area (Å²) in [5.41, 5.74) is 0.595. The first-order valence-corrected chi connectivity index (χ1v) is 8.74. The molecule has 1 aromatic carbocycles. The summed E-state index contributed by atoms with van der Waals surface area (Å²) in [7, 11) is 0. The standard InChI is InChI=1S/C18H28FN3O2/c1-2-20-18(22-14-15-6-3-4-7-17(15)19)21-10-5-11-24-16-8-12-23-13-9-16/h3-4,6-7,16H,2,5,8-14H2,1H3,(H2,20,21,22). The molecule has 1 aliphatic rings. The van der Waals surface area contributed by atoms with Gasteiger partial charge in [0.1, 0.15) is 5.82 Å². The molecule has 134 valence electrons. The van der Waals surface area contributed by atoms with E-state index in [9.17, 15) is 4.39 Å². The number of guanidine groups is 1. The van der Waals surface area contributed by atoms with Crippen LogP contribution < -0.4 is 10.6 Å². The predicted octanol–water partition coefficient (Wildman–Crippen LogP) is 2.47. The van der Waals surface area contributed by atoms with Gasteiger partial charge < -0.3 is 20.1 Å². The fraction of sp³-hybridized carbons (Fsp3) is 0.611. The van der Waals surface area contributed by atoms with Gasteiger partial charge in [-0.25, -0.2) is 9.38 Å². The summed E-state index contributed by atoms with van der Waals surface area (Å²) in [6.45, 7) is 6.19. The van der Waals surface area contributed by atoms with Crippen LogP contribution in [-0.4, -0.2) is 45.0 Å². The zero-order valence-electron chi connectivity index (χ0n) is 14.4. The molecule has 0 unspecified atom stereocenters. The number of hydrogen-bond donors (Lipinski definition) is 2. The van der Waals surface area contributed by atoms with Crippen molar-refractivity contribution in [1.29, 1.82) is 0 Å². The summed E-state index contributed by atoms with van der Waals surface area (Å²) in [5.74, 6) is 0.480. The van der Waals surface area contributed by atoms with Crippen molar-refractivity contribution in [1.82, 2.24) is 10.6 Å². The minimum absolute atomic E-state index is 0.220. The molecule has 1 saturated heterocycles. The molecule has 1 fully saturated rings. The summed E-state index contributed by atoms with van der Waals surface area (Å²) in [6.07, 6.45) is 3.21. The van der Waals surface area contributed by atoms with E-state index >= 15 is 0 Å². The number of halogens is 1. The third kappa shape index (κ3) is 6.84. The Balaban J connectivity index is 1.68. The summed E-state index contributed by atoms with van der Waals surface area (Å²) in [5, 5.41) is 6.43. The number of nitrogens with zero attached hydrogens (tertiary/aromatic N) is 1. The van der Waals surface area contributed by atoms with Crippen molar-refractivity contribution >= 4 is 5.96 Å². The predicted molar refractivity (Wildman–Crippen MR) is 93.6 cm³/mol. The maximum atomic E-state index is 13.6. The van der Waals surface area contributed by atoms with Crippen LogP contribution in [0.25, 0.3) is 0 Å². The highest BCUT2D eigenvalue weighted by molar-refractivity contribution is 5.79. The van der Waals surface area contributed by atoms with Gasteiger partial charge in [-0.2, -0.15) is 0 Å². The van der Waals surface area contributed by atoms with Crippen LogP contribution >= 0.6 is 0 Å². The van der Waals surface area contributed by atoms with Gasteiger partial charge in [-0.3, -0.25) is 0 Å². The van der Waals surface area contributed by atoms with Crippen LogP contribution in [0.15, 0.2) is 29.3 Å². The molecule has 0 amide bonds. The van der Waals surface area contributed by atoms with E-state index in [-0.39, 0.29) is 5.82 Å². The van der Waals surface area contributed by atoms with Gasteiger partial charge in [-0.05, 0) is 32.3 Å². The first kappa shape index (κ1) is 18.7. The zero-order chi connectivity index (χ0) is 17.0. The van der Waals surface area contributed by atoms with Gasteiger partial charge in [0.15, 0.2) is 5.96 Å². The van der Waals surface area contributed by atoms with Gasteiger partial charge in [0, 0.05) is 38.5 Å². The van der Waals surface area contributed by atoms with Crippen molar-refractivity contribution in [2.45, 2.75) is 38.8 Å². The van der Waals surface area contributed by atoms with Gasteiger partial charge in [0.25, 0.3) is 0 Å². The van der Waals surface area contributed by atoms with Crippen LogP contribution in [0.1, 0.15) is 31.7 Å². The SMILES string of the molecule is CCNC(=NCc1ccccc1F)NCCCOC1CCOCC1. The Hall–Kier alpha value is -1.66. The van der Waals surface area contributed by atoms with Crippen molar-refractivity contribution in [3.8, 4) is 0 Å². The molecule has 0 aliphatic carbocycles. The van der Waals surface area contributed by atoms with Crippen molar-refractivity contribution < 1.29 is 13.9 Å². The maximum Gasteiger partial charge on any atom is 0.191 e. The van der Waals surface area contributed by atoms with E-state index in [4.69, 9.17) is 9.47 Å². The van der Waals surface area contributed by atoms with Gasteiger partial charge in [0.05, 0.1) is 12.6 Å². The Bertz CT molecular complexity index is 505. The second-order valence-corrected chi connectivity index (χ2v) is 5.75. The monoisotopic (exact) mass is 337 g/mol. The van der Waals surface area contributed by atoms with Crippen molar-refractivity contribution in [2.75, 3.05) is 32.9 Å². The zero-order valence-corrected chi connectivity index (χ0v) is 14.4. The highest BCUT2D eigenvalue weighted by atomic mass is 19.1. The molecule has 0 bridgehead atoms. The molecular formula is C18H28FN3O2. The lowest BCUT2D eigenvalue weighted by Crippen LogP contribution is -2.38. The van der Waals surface area contributed by atoms with Gasteiger partial charge >= 0.3 is 0 Å². The van der Waals surface area contributed by atoms with Crippen LogP contribution in [0.5, 0.6) is 0 Å². The molecule has 0 aromatic heterocycles. The van der Waals surface area contributed by atoms with E-state index in [1.807, 2.05) is 13.0 Å². The Morgan fingerprint density at radius 3 is 2.83 bits per heavy atom. The molecular weight excluding hydrogens is 309 g/mol. The van der Waals surface area contributed by atoms with Crippen molar-refractivity contribution in [3.63, 3.8) is 0 Å². The van der Waals surface area contributed by atoms with Crippen LogP contribution in [0.2, 0.25) is 0 Å². The minimum Gasteiger partial charge on any atom is -0.381 e. The highest BCUT2D eigenvalue weighted by Crippen LogP contribution is 2.10. The largest absolute Gasteiger partial charge is 0.381 e. The van der Waals surface area contributed by atoms with Crippen LogP contribution in [-0.2, 0) is 16.0 Å². The smallest absolute Gasteiger partial charge is 0.191 e. The van der Waals surface area contributed by atoms with Crippen LogP contribution in [0.3, 0.4) is 0 Å². The average Bonchev–Trinajstić information content (AvgIpc) is 2.61. The van der Waals surface area contributed by atoms with E-state index in [0.29, 0.717) is 24.2 Å². The molecule has 1 aliphatic heterocycles. The molecule has 1 heterocycles. The Kier molecular flexibility index (Phi) is 8.55. The lowest BCUT2D eigenvalue weighted by Gasteiger charge is -2.22. The van der Waals surface area contributed by atoms with Crippen molar-refractivity contribution in [3.05, 3.63) is 35.6 Å². The van der Waals surface area contributed by atoms with Crippen molar-refractivity contribution in [2.24, 2.45) is 4.99 Å². The number of nitrogens with one attached hydrogen (secondary N) is 2. The molecule has 0 saturated carbocycles. The molecule has 6 heteroatoms. The average molecular weight is 337 g/mol. The minimum atomic E-state index is -0.220. The lowest BCUT2D eigenvalue weighted by atomic mass is 10.1. The number of rotatable bonds is 8. The molecule has 1 aromatic rings. The number of aliphatic imine (C=N–C) groups is 1. The molecule has 2 rings (SSSR count). The van der Waals surface area contributed by atoms with Gasteiger partial charge in [-0.1, -0.05) is 18.2 Å². The summed E-state index contributed by atoms with van der Waals surface area (Å²) >= 11 is 0. The van der Waals surface area contributed by atoms with Crippen LogP contribution in [0, 0.1) is 5.82 Å². The van der Waals surface area contributed by atoms with E-state index in [1.54, 1.807) is 12.1 Å². The molecule has 2 N–H and O–H groups in total. The molecule has 24 heavy (non-hydrogen) atoms. The third-order valence-electron chi connectivity index (χ3n) is 3.85. The maximum absolute atomic E-state index is 13.6. The molecule has 0 radical (unpaired) electrons. The Morgan fingerprint density at radius 2 is 2.08 bits per heavy atom. The van der Waals surface area contributed by atoms with E-state index in [0.717, 1.165) is 52.2 Å². The first-order chi connectivity index (χ1) is 11.8. The molecule has 0 spiro atoms.